The Morgan fingerprint density at radius 1 is 1.47 bits per heavy atom. The van der Waals surface area contributed by atoms with Crippen molar-refractivity contribution >= 4 is 29.4 Å². The Hall–Kier alpha value is -1.36. The Kier molecular flexibility index (Phi) is 3.94. The van der Waals surface area contributed by atoms with E-state index in [1.54, 1.807) is 13.0 Å². The molecule has 2 amide bonds. The average Bonchev–Trinajstić information content (AvgIpc) is 2.61. The van der Waals surface area contributed by atoms with Gasteiger partial charge in [-0.15, -0.1) is 0 Å². The number of halogens is 1. The summed E-state index contributed by atoms with van der Waals surface area (Å²) in [5, 5.41) is 0.605. The number of allylic oxidation sites excluding steroid dienone is 2. The first kappa shape index (κ1) is 14.1. The molecule has 0 N–H and O–H groups in total. The molecule has 0 saturated carbocycles. The monoisotopic (exact) mass is 285 g/mol. The van der Waals surface area contributed by atoms with Gasteiger partial charge in [-0.2, -0.15) is 0 Å². The molecule has 1 aliphatic carbocycles. The molecule has 5 nitrogen and oxygen atoms in total. The van der Waals surface area contributed by atoms with Crippen LogP contribution in [0.2, 0.25) is 0 Å². The number of amides is 2. The van der Waals surface area contributed by atoms with E-state index in [1.165, 1.54) is 6.92 Å². The number of ether oxygens (including phenoxy) is 1. The minimum Gasteiger partial charge on any atom is -0.464 e. The lowest BCUT2D eigenvalue weighted by Gasteiger charge is -2.21. The standard InChI is InChI=1S/C13H16ClNO4/c1-3-19-13(18)7(2)15-11(16)9-5-4-8(14)6-10(9)12(15)17/h4,7,9-10H,3,5-6H2,1-2H3/t7-,9-,10+/m0/s1. The maximum atomic E-state index is 12.3. The molecule has 1 aliphatic heterocycles. The predicted octanol–water partition coefficient (Wildman–Crippen LogP) is 1.46. The smallest absolute Gasteiger partial charge is 0.329 e. The van der Waals surface area contributed by atoms with E-state index in [9.17, 15) is 14.4 Å². The number of hydrogen-bond donors (Lipinski definition) is 0. The summed E-state index contributed by atoms with van der Waals surface area (Å²) in [5.74, 6) is -1.98. The van der Waals surface area contributed by atoms with Crippen LogP contribution in [0.25, 0.3) is 0 Å². The van der Waals surface area contributed by atoms with Crippen molar-refractivity contribution < 1.29 is 19.1 Å². The molecule has 0 unspecified atom stereocenters. The number of carbonyl (C=O) groups excluding carboxylic acids is 3. The largest absolute Gasteiger partial charge is 0.464 e. The van der Waals surface area contributed by atoms with Gasteiger partial charge in [0.2, 0.25) is 11.8 Å². The van der Waals surface area contributed by atoms with E-state index in [0.29, 0.717) is 17.9 Å². The molecule has 19 heavy (non-hydrogen) atoms. The van der Waals surface area contributed by atoms with E-state index in [2.05, 4.69) is 0 Å². The van der Waals surface area contributed by atoms with Crippen LogP contribution in [0, 0.1) is 11.8 Å². The van der Waals surface area contributed by atoms with Crippen molar-refractivity contribution in [3.8, 4) is 0 Å². The van der Waals surface area contributed by atoms with Gasteiger partial charge in [-0.25, -0.2) is 4.79 Å². The second-order valence-corrected chi connectivity index (χ2v) is 5.26. The fraction of sp³-hybridized carbons (Fsp3) is 0.615. The SMILES string of the molecule is CCOC(=O)[C@H](C)N1C(=O)[C@H]2CC=C(Cl)C[C@H]2C1=O. The first-order chi connectivity index (χ1) is 8.97. The highest BCUT2D eigenvalue weighted by Crippen LogP contribution is 2.39. The van der Waals surface area contributed by atoms with Crippen LogP contribution in [0.15, 0.2) is 11.1 Å². The normalized spacial score (nSPS) is 27.9. The third-order valence-corrected chi connectivity index (χ3v) is 3.93. The summed E-state index contributed by atoms with van der Waals surface area (Å²) in [6.07, 6.45) is 2.61. The number of esters is 1. The molecule has 1 saturated heterocycles. The lowest BCUT2D eigenvalue weighted by Crippen LogP contribution is -2.44. The average molecular weight is 286 g/mol. The highest BCUT2D eigenvalue weighted by molar-refractivity contribution is 6.30. The van der Waals surface area contributed by atoms with Crippen molar-refractivity contribution in [3.63, 3.8) is 0 Å². The Bertz CT molecular complexity index is 460. The van der Waals surface area contributed by atoms with Gasteiger partial charge in [0.15, 0.2) is 0 Å². The van der Waals surface area contributed by atoms with Gasteiger partial charge in [0.25, 0.3) is 0 Å². The number of likely N-dealkylation sites (tertiary alicyclic amines) is 1. The van der Waals surface area contributed by atoms with E-state index >= 15 is 0 Å². The molecule has 6 heteroatoms. The zero-order chi connectivity index (χ0) is 14.2. The van der Waals surface area contributed by atoms with Crippen LogP contribution in [-0.2, 0) is 19.1 Å². The molecule has 1 fully saturated rings. The molecule has 0 aromatic rings. The fourth-order valence-electron chi connectivity index (χ4n) is 2.60. The van der Waals surface area contributed by atoms with Gasteiger partial charge in [-0.1, -0.05) is 17.7 Å². The summed E-state index contributed by atoms with van der Waals surface area (Å²) in [5.41, 5.74) is 0. The number of fused-ring (bicyclic) bond motifs is 1. The molecular formula is C13H16ClNO4. The third kappa shape index (κ3) is 2.39. The zero-order valence-corrected chi connectivity index (χ0v) is 11.6. The number of hydrogen-bond acceptors (Lipinski definition) is 4. The fourth-order valence-corrected chi connectivity index (χ4v) is 2.86. The maximum Gasteiger partial charge on any atom is 0.329 e. The van der Waals surface area contributed by atoms with Crippen LogP contribution in [0.3, 0.4) is 0 Å². The first-order valence-electron chi connectivity index (χ1n) is 6.35. The van der Waals surface area contributed by atoms with Crippen LogP contribution in [0.5, 0.6) is 0 Å². The molecule has 1 heterocycles. The van der Waals surface area contributed by atoms with Gasteiger partial charge >= 0.3 is 5.97 Å². The summed E-state index contributed by atoms with van der Waals surface area (Å²) in [6, 6.07) is -0.871. The van der Waals surface area contributed by atoms with Crippen molar-refractivity contribution in [2.45, 2.75) is 32.7 Å². The van der Waals surface area contributed by atoms with Crippen LogP contribution in [0.4, 0.5) is 0 Å². The zero-order valence-electron chi connectivity index (χ0n) is 10.9. The van der Waals surface area contributed by atoms with Crippen LogP contribution in [-0.4, -0.2) is 35.3 Å². The number of carbonyl (C=O) groups is 3. The van der Waals surface area contributed by atoms with E-state index < -0.39 is 17.9 Å². The molecule has 2 aliphatic rings. The van der Waals surface area contributed by atoms with Gasteiger partial charge < -0.3 is 4.74 Å². The Labute approximate surface area is 116 Å². The molecule has 3 atom stereocenters. The van der Waals surface area contributed by atoms with Gasteiger partial charge in [0.1, 0.15) is 6.04 Å². The molecule has 2 rings (SSSR count). The minimum atomic E-state index is -0.871. The highest BCUT2D eigenvalue weighted by Gasteiger charge is 2.51. The van der Waals surface area contributed by atoms with E-state index in [-0.39, 0.29) is 24.3 Å². The summed E-state index contributed by atoms with van der Waals surface area (Å²) >= 11 is 5.92. The van der Waals surface area contributed by atoms with E-state index in [4.69, 9.17) is 16.3 Å². The quantitative estimate of drug-likeness (QED) is 0.582. The highest BCUT2D eigenvalue weighted by atomic mass is 35.5. The molecule has 0 bridgehead atoms. The van der Waals surface area contributed by atoms with Gasteiger partial charge in [-0.05, 0) is 26.7 Å². The molecular weight excluding hydrogens is 270 g/mol. The van der Waals surface area contributed by atoms with E-state index in [1.807, 2.05) is 0 Å². The molecule has 0 radical (unpaired) electrons. The van der Waals surface area contributed by atoms with Crippen molar-refractivity contribution in [2.24, 2.45) is 11.8 Å². The molecule has 104 valence electrons. The third-order valence-electron chi connectivity index (χ3n) is 3.62. The topological polar surface area (TPSA) is 63.7 Å². The minimum absolute atomic E-state index is 0.222. The molecule has 0 spiro atoms. The van der Waals surface area contributed by atoms with Crippen molar-refractivity contribution in [1.82, 2.24) is 4.90 Å². The number of rotatable bonds is 3. The van der Waals surface area contributed by atoms with Gasteiger partial charge in [0.05, 0.1) is 18.4 Å². The van der Waals surface area contributed by atoms with Gasteiger partial charge in [0, 0.05) is 5.03 Å². The molecule has 0 aromatic carbocycles. The second-order valence-electron chi connectivity index (χ2n) is 4.78. The van der Waals surface area contributed by atoms with Gasteiger partial charge in [-0.3, -0.25) is 14.5 Å². The predicted molar refractivity (Wildman–Crippen MR) is 68.1 cm³/mol. The summed E-state index contributed by atoms with van der Waals surface area (Å²) in [4.78, 5) is 37.2. The Balaban J connectivity index is 2.19. The lowest BCUT2D eigenvalue weighted by atomic mass is 9.85. The second kappa shape index (κ2) is 5.33. The van der Waals surface area contributed by atoms with E-state index in [0.717, 1.165) is 4.90 Å². The van der Waals surface area contributed by atoms with Crippen LogP contribution >= 0.6 is 11.6 Å². The Morgan fingerprint density at radius 3 is 2.74 bits per heavy atom. The lowest BCUT2D eigenvalue weighted by molar-refractivity contribution is -0.157. The first-order valence-corrected chi connectivity index (χ1v) is 6.73. The van der Waals surface area contributed by atoms with Crippen LogP contribution < -0.4 is 0 Å². The summed E-state index contributed by atoms with van der Waals surface area (Å²) in [6.45, 7) is 3.42. The van der Waals surface area contributed by atoms with Crippen molar-refractivity contribution in [2.75, 3.05) is 6.61 Å². The summed E-state index contributed by atoms with van der Waals surface area (Å²) < 4.78 is 4.86. The summed E-state index contributed by atoms with van der Waals surface area (Å²) in [7, 11) is 0. The Morgan fingerprint density at radius 2 is 2.11 bits per heavy atom. The number of nitrogens with zero attached hydrogens (tertiary/aromatic N) is 1. The van der Waals surface area contributed by atoms with Crippen LogP contribution in [0.1, 0.15) is 26.7 Å². The van der Waals surface area contributed by atoms with Crippen molar-refractivity contribution in [1.29, 1.82) is 0 Å². The maximum absolute atomic E-state index is 12.3. The molecule has 0 aromatic heterocycles. The number of imide groups is 1. The van der Waals surface area contributed by atoms with Crippen molar-refractivity contribution in [3.05, 3.63) is 11.1 Å².